The molecule has 15 heavy (non-hydrogen) atoms. The lowest BCUT2D eigenvalue weighted by Gasteiger charge is -2.00. The lowest BCUT2D eigenvalue weighted by atomic mass is 10.2. The van der Waals surface area contributed by atoms with Gasteiger partial charge in [0.1, 0.15) is 5.76 Å². The van der Waals surface area contributed by atoms with Crippen LogP contribution in [0, 0.1) is 0 Å². The molecule has 1 heterocycles. The van der Waals surface area contributed by atoms with Gasteiger partial charge in [-0.3, -0.25) is 0 Å². The minimum Gasteiger partial charge on any atom is -0.392 e. The Balaban J connectivity index is 1.93. The SMILES string of the molecule is OCc1ccc(SCc2ccno2)cc1. The van der Waals surface area contributed by atoms with Gasteiger partial charge in [-0.15, -0.1) is 11.8 Å². The topological polar surface area (TPSA) is 46.3 Å². The summed E-state index contributed by atoms with van der Waals surface area (Å²) in [6.45, 7) is 0.0903. The standard InChI is InChI=1S/C11H11NO2S/c13-7-9-1-3-11(4-2-9)15-8-10-5-6-12-14-10/h1-6,13H,7-8H2. The van der Waals surface area contributed by atoms with Gasteiger partial charge in [0.15, 0.2) is 0 Å². The normalized spacial score (nSPS) is 10.5. The molecule has 78 valence electrons. The minimum atomic E-state index is 0.0903. The smallest absolute Gasteiger partial charge is 0.146 e. The van der Waals surface area contributed by atoms with Gasteiger partial charge in [-0.1, -0.05) is 17.3 Å². The predicted octanol–water partition coefficient (Wildman–Crippen LogP) is 2.46. The van der Waals surface area contributed by atoms with E-state index in [4.69, 9.17) is 9.63 Å². The summed E-state index contributed by atoms with van der Waals surface area (Å²) < 4.78 is 4.99. The second kappa shape index (κ2) is 5.00. The van der Waals surface area contributed by atoms with Crippen molar-refractivity contribution in [1.29, 1.82) is 0 Å². The summed E-state index contributed by atoms with van der Waals surface area (Å²) in [4.78, 5) is 1.16. The molecule has 0 radical (unpaired) electrons. The number of thioether (sulfide) groups is 1. The van der Waals surface area contributed by atoms with Crippen molar-refractivity contribution in [2.75, 3.05) is 0 Å². The van der Waals surface area contributed by atoms with Crippen LogP contribution in [0.5, 0.6) is 0 Å². The minimum absolute atomic E-state index is 0.0903. The maximum Gasteiger partial charge on any atom is 0.146 e. The van der Waals surface area contributed by atoms with E-state index in [1.165, 1.54) is 0 Å². The van der Waals surface area contributed by atoms with Gasteiger partial charge in [-0.05, 0) is 17.7 Å². The number of hydrogen-bond donors (Lipinski definition) is 1. The van der Waals surface area contributed by atoms with E-state index in [0.29, 0.717) is 0 Å². The van der Waals surface area contributed by atoms with E-state index in [-0.39, 0.29) is 6.61 Å². The van der Waals surface area contributed by atoms with Gasteiger partial charge < -0.3 is 9.63 Å². The fraction of sp³-hybridized carbons (Fsp3) is 0.182. The number of nitrogens with zero attached hydrogens (tertiary/aromatic N) is 1. The maximum absolute atomic E-state index is 8.88. The first kappa shape index (κ1) is 10.3. The van der Waals surface area contributed by atoms with Gasteiger partial charge in [0.25, 0.3) is 0 Å². The van der Waals surface area contributed by atoms with E-state index in [9.17, 15) is 0 Å². The zero-order chi connectivity index (χ0) is 10.5. The second-order valence-corrected chi connectivity index (χ2v) is 4.12. The van der Waals surface area contributed by atoms with Crippen molar-refractivity contribution < 1.29 is 9.63 Å². The van der Waals surface area contributed by atoms with Gasteiger partial charge in [0, 0.05) is 11.0 Å². The summed E-state index contributed by atoms with van der Waals surface area (Å²) in [6, 6.07) is 9.68. The van der Waals surface area contributed by atoms with Gasteiger partial charge in [0.05, 0.1) is 18.6 Å². The first-order valence-electron chi connectivity index (χ1n) is 4.60. The van der Waals surface area contributed by atoms with Gasteiger partial charge >= 0.3 is 0 Å². The molecule has 1 aromatic heterocycles. The number of hydrogen-bond acceptors (Lipinski definition) is 4. The van der Waals surface area contributed by atoms with Crippen molar-refractivity contribution in [2.45, 2.75) is 17.3 Å². The lowest BCUT2D eigenvalue weighted by Crippen LogP contribution is -1.82. The van der Waals surface area contributed by atoms with E-state index in [2.05, 4.69) is 5.16 Å². The van der Waals surface area contributed by atoms with Crippen molar-refractivity contribution in [2.24, 2.45) is 0 Å². The summed E-state index contributed by atoms with van der Waals surface area (Å²) >= 11 is 1.68. The van der Waals surface area contributed by atoms with E-state index < -0.39 is 0 Å². The van der Waals surface area contributed by atoms with Crippen molar-refractivity contribution in [3.05, 3.63) is 47.9 Å². The highest BCUT2D eigenvalue weighted by atomic mass is 32.2. The Morgan fingerprint density at radius 2 is 2.00 bits per heavy atom. The molecule has 0 atom stereocenters. The highest BCUT2D eigenvalue weighted by Crippen LogP contribution is 2.22. The fourth-order valence-electron chi connectivity index (χ4n) is 1.16. The monoisotopic (exact) mass is 221 g/mol. The molecule has 0 saturated heterocycles. The number of aromatic nitrogens is 1. The van der Waals surface area contributed by atoms with Crippen molar-refractivity contribution >= 4 is 11.8 Å². The molecular weight excluding hydrogens is 210 g/mol. The largest absolute Gasteiger partial charge is 0.392 e. The predicted molar refractivity (Wildman–Crippen MR) is 58.4 cm³/mol. The van der Waals surface area contributed by atoms with Crippen LogP contribution in [0.15, 0.2) is 45.9 Å². The summed E-state index contributed by atoms with van der Waals surface area (Å²) in [6.07, 6.45) is 1.64. The molecule has 0 aliphatic rings. The van der Waals surface area contributed by atoms with E-state index in [1.807, 2.05) is 30.3 Å². The van der Waals surface area contributed by atoms with Gasteiger partial charge in [0.2, 0.25) is 0 Å². The molecule has 0 unspecified atom stereocenters. The van der Waals surface area contributed by atoms with Crippen LogP contribution in [-0.4, -0.2) is 10.3 Å². The van der Waals surface area contributed by atoms with Crippen molar-refractivity contribution in [3.63, 3.8) is 0 Å². The van der Waals surface area contributed by atoms with Crippen LogP contribution < -0.4 is 0 Å². The Bertz CT molecular complexity index is 397. The molecule has 0 aliphatic heterocycles. The molecule has 2 rings (SSSR count). The Labute approximate surface area is 92.1 Å². The van der Waals surface area contributed by atoms with Crippen LogP contribution in [0.3, 0.4) is 0 Å². The Hall–Kier alpha value is -1.26. The average molecular weight is 221 g/mol. The Kier molecular flexibility index (Phi) is 3.42. The molecule has 3 nitrogen and oxygen atoms in total. The van der Waals surface area contributed by atoms with E-state index in [1.54, 1.807) is 18.0 Å². The van der Waals surface area contributed by atoms with Crippen molar-refractivity contribution in [3.8, 4) is 0 Å². The van der Waals surface area contributed by atoms with Gasteiger partial charge in [-0.25, -0.2) is 0 Å². The Morgan fingerprint density at radius 1 is 1.20 bits per heavy atom. The zero-order valence-corrected chi connectivity index (χ0v) is 8.91. The molecule has 1 N–H and O–H groups in total. The van der Waals surface area contributed by atoms with Crippen LogP contribution in [0.4, 0.5) is 0 Å². The molecule has 0 bridgehead atoms. The number of rotatable bonds is 4. The average Bonchev–Trinajstić information content (AvgIpc) is 2.80. The van der Waals surface area contributed by atoms with Crippen LogP contribution in [0.25, 0.3) is 0 Å². The molecule has 0 fully saturated rings. The quantitative estimate of drug-likeness (QED) is 0.805. The summed E-state index contributed by atoms with van der Waals surface area (Å²) in [5.74, 6) is 1.64. The third kappa shape index (κ3) is 2.84. The molecular formula is C11H11NO2S. The fourth-order valence-corrected chi connectivity index (χ4v) is 1.95. The van der Waals surface area contributed by atoms with E-state index in [0.717, 1.165) is 22.0 Å². The zero-order valence-electron chi connectivity index (χ0n) is 8.09. The van der Waals surface area contributed by atoms with Crippen LogP contribution in [0.1, 0.15) is 11.3 Å². The van der Waals surface area contributed by atoms with Gasteiger partial charge in [-0.2, -0.15) is 0 Å². The second-order valence-electron chi connectivity index (χ2n) is 3.07. The Morgan fingerprint density at radius 3 is 2.60 bits per heavy atom. The first-order valence-corrected chi connectivity index (χ1v) is 5.59. The molecule has 0 spiro atoms. The maximum atomic E-state index is 8.88. The first-order chi connectivity index (χ1) is 7.38. The molecule has 0 saturated carbocycles. The summed E-state index contributed by atoms with van der Waals surface area (Å²) in [5.41, 5.74) is 0.930. The van der Waals surface area contributed by atoms with Crippen LogP contribution in [-0.2, 0) is 12.4 Å². The highest BCUT2D eigenvalue weighted by Gasteiger charge is 1.99. The highest BCUT2D eigenvalue weighted by molar-refractivity contribution is 7.98. The molecule has 2 aromatic rings. The van der Waals surface area contributed by atoms with Crippen molar-refractivity contribution in [1.82, 2.24) is 5.16 Å². The molecule has 1 aromatic carbocycles. The number of benzene rings is 1. The third-order valence-corrected chi connectivity index (χ3v) is 3.01. The van der Waals surface area contributed by atoms with Crippen LogP contribution >= 0.6 is 11.8 Å². The lowest BCUT2D eigenvalue weighted by molar-refractivity contribution is 0.282. The number of aliphatic hydroxyl groups excluding tert-OH is 1. The molecule has 0 amide bonds. The van der Waals surface area contributed by atoms with E-state index >= 15 is 0 Å². The molecule has 0 aliphatic carbocycles. The number of aliphatic hydroxyl groups is 1. The van der Waals surface area contributed by atoms with Crippen LogP contribution in [0.2, 0.25) is 0 Å². The third-order valence-electron chi connectivity index (χ3n) is 1.98. The summed E-state index contributed by atoms with van der Waals surface area (Å²) in [5, 5.41) is 12.5. The molecule has 4 heteroatoms. The summed E-state index contributed by atoms with van der Waals surface area (Å²) in [7, 11) is 0.